The maximum Gasteiger partial charge on any atom is 0.230 e. The van der Waals surface area contributed by atoms with Crippen LogP contribution in [0.5, 0.6) is 0 Å². The average molecular weight is 303 g/mol. The molecule has 1 unspecified atom stereocenters. The fraction of sp³-hybridized carbons (Fsp3) is 0.923. The van der Waals surface area contributed by atoms with E-state index in [1.165, 1.54) is 0 Å². The Bertz CT molecular complexity index is 454. The largest absolute Gasteiger partial charge is 0.342 e. The van der Waals surface area contributed by atoms with Gasteiger partial charge in [0.1, 0.15) is 0 Å². The number of nitrogens with two attached hydrogens (primary N) is 1. The normalized spacial score (nSPS) is 26.1. The van der Waals surface area contributed by atoms with Crippen LogP contribution in [0.25, 0.3) is 0 Å². The van der Waals surface area contributed by atoms with Crippen molar-refractivity contribution in [1.82, 2.24) is 9.62 Å². The van der Waals surface area contributed by atoms with Crippen molar-refractivity contribution in [1.29, 1.82) is 0 Å². The zero-order chi connectivity index (χ0) is 14.8. The van der Waals surface area contributed by atoms with Crippen molar-refractivity contribution in [2.45, 2.75) is 32.1 Å². The van der Waals surface area contributed by atoms with Gasteiger partial charge in [0.15, 0.2) is 0 Å². The first-order chi connectivity index (χ1) is 9.36. The minimum absolute atomic E-state index is 0.176. The molecule has 1 saturated heterocycles. The minimum atomic E-state index is -3.16. The first-order valence-electron chi connectivity index (χ1n) is 7.30. The number of nitrogens with zero attached hydrogens (tertiary/aromatic N) is 1. The summed E-state index contributed by atoms with van der Waals surface area (Å²) in [6, 6.07) is 0. The van der Waals surface area contributed by atoms with Crippen LogP contribution in [0, 0.1) is 11.3 Å². The molecule has 0 radical (unpaired) electrons. The molecule has 6 nitrogen and oxygen atoms in total. The number of hydrogen-bond acceptors (Lipinski definition) is 4. The molecule has 2 fully saturated rings. The Morgan fingerprint density at radius 2 is 2.10 bits per heavy atom. The molecule has 0 aromatic carbocycles. The van der Waals surface area contributed by atoms with E-state index in [0.29, 0.717) is 19.6 Å². The van der Waals surface area contributed by atoms with Gasteiger partial charge in [0, 0.05) is 26.2 Å². The number of nitrogens with one attached hydrogen (secondary N) is 1. The van der Waals surface area contributed by atoms with Gasteiger partial charge in [0.05, 0.1) is 11.7 Å². The number of amides is 1. The van der Waals surface area contributed by atoms with Crippen LogP contribution in [0.15, 0.2) is 0 Å². The number of hydrogen-bond donors (Lipinski definition) is 2. The number of carbonyl (C=O) groups is 1. The highest BCUT2D eigenvalue weighted by Gasteiger charge is 2.45. The van der Waals surface area contributed by atoms with Crippen LogP contribution >= 0.6 is 0 Å². The van der Waals surface area contributed by atoms with Gasteiger partial charge in [-0.2, -0.15) is 0 Å². The number of piperidine rings is 1. The Morgan fingerprint density at radius 3 is 2.60 bits per heavy atom. The van der Waals surface area contributed by atoms with Gasteiger partial charge in [-0.05, 0) is 31.6 Å². The summed E-state index contributed by atoms with van der Waals surface area (Å²) in [7, 11) is -3.16. The molecule has 2 rings (SSSR count). The lowest BCUT2D eigenvalue weighted by atomic mass is 9.67. The summed E-state index contributed by atoms with van der Waals surface area (Å²) in [6.45, 7) is 2.26. The number of rotatable bonds is 5. The van der Waals surface area contributed by atoms with Crippen LogP contribution in [0.1, 0.15) is 32.1 Å². The Labute approximate surface area is 121 Å². The molecule has 1 aliphatic carbocycles. The van der Waals surface area contributed by atoms with E-state index in [1.807, 2.05) is 4.90 Å². The van der Waals surface area contributed by atoms with Crippen molar-refractivity contribution in [2.75, 3.05) is 32.4 Å². The summed E-state index contributed by atoms with van der Waals surface area (Å²) >= 11 is 0. The SMILES string of the molecule is CS(=O)(=O)NCC1CCCN(C(=O)C2(CN)CCC2)C1. The highest BCUT2D eigenvalue weighted by molar-refractivity contribution is 7.88. The molecule has 1 aliphatic heterocycles. The fourth-order valence-electron chi connectivity index (χ4n) is 3.13. The summed E-state index contributed by atoms with van der Waals surface area (Å²) < 4.78 is 24.8. The van der Waals surface area contributed by atoms with Gasteiger partial charge >= 0.3 is 0 Å². The first kappa shape index (κ1) is 15.7. The standard InChI is InChI=1S/C13H25N3O3S/c1-20(18,19)15-8-11-4-2-7-16(9-11)12(17)13(10-14)5-3-6-13/h11,15H,2-10,14H2,1H3. The van der Waals surface area contributed by atoms with Crippen LogP contribution in [-0.4, -0.2) is 51.7 Å². The molecule has 7 heteroatoms. The highest BCUT2D eigenvalue weighted by atomic mass is 32.2. The summed E-state index contributed by atoms with van der Waals surface area (Å²) in [6.07, 6.45) is 5.92. The van der Waals surface area contributed by atoms with Gasteiger partial charge in [-0.1, -0.05) is 6.42 Å². The van der Waals surface area contributed by atoms with Gasteiger partial charge in [-0.25, -0.2) is 13.1 Å². The van der Waals surface area contributed by atoms with Crippen molar-refractivity contribution >= 4 is 15.9 Å². The van der Waals surface area contributed by atoms with Crippen LogP contribution in [-0.2, 0) is 14.8 Å². The van der Waals surface area contributed by atoms with Gasteiger partial charge in [0.2, 0.25) is 15.9 Å². The monoisotopic (exact) mass is 303 g/mol. The summed E-state index contributed by atoms with van der Waals surface area (Å²) in [5, 5.41) is 0. The zero-order valence-corrected chi connectivity index (χ0v) is 12.9. The maximum atomic E-state index is 12.6. The lowest BCUT2D eigenvalue weighted by Crippen LogP contribution is -2.54. The molecule has 3 N–H and O–H groups in total. The molecule has 20 heavy (non-hydrogen) atoms. The third-order valence-electron chi connectivity index (χ3n) is 4.60. The van der Waals surface area contributed by atoms with E-state index in [-0.39, 0.29) is 17.2 Å². The van der Waals surface area contributed by atoms with Crippen LogP contribution < -0.4 is 10.5 Å². The van der Waals surface area contributed by atoms with Crippen molar-refractivity contribution in [3.63, 3.8) is 0 Å². The van der Waals surface area contributed by atoms with Crippen molar-refractivity contribution < 1.29 is 13.2 Å². The molecule has 2 aliphatic rings. The highest BCUT2D eigenvalue weighted by Crippen LogP contribution is 2.42. The second-order valence-electron chi connectivity index (χ2n) is 6.22. The third kappa shape index (κ3) is 3.51. The fourth-order valence-corrected chi connectivity index (χ4v) is 3.67. The smallest absolute Gasteiger partial charge is 0.230 e. The Kier molecular flexibility index (Phi) is 4.71. The van der Waals surface area contributed by atoms with Gasteiger partial charge in [-0.15, -0.1) is 0 Å². The van der Waals surface area contributed by atoms with Crippen LogP contribution in [0.4, 0.5) is 0 Å². The van der Waals surface area contributed by atoms with E-state index in [2.05, 4.69) is 4.72 Å². The lowest BCUT2D eigenvalue weighted by molar-refractivity contribution is -0.148. The molecule has 0 spiro atoms. The van der Waals surface area contributed by atoms with E-state index in [0.717, 1.165) is 44.9 Å². The molecule has 0 aromatic rings. The molecule has 1 heterocycles. The summed E-state index contributed by atoms with van der Waals surface area (Å²) in [5.74, 6) is 0.382. The van der Waals surface area contributed by atoms with Crippen LogP contribution in [0.2, 0.25) is 0 Å². The Hall–Kier alpha value is -0.660. The van der Waals surface area contributed by atoms with E-state index >= 15 is 0 Å². The van der Waals surface area contributed by atoms with Crippen molar-refractivity contribution in [3.8, 4) is 0 Å². The molecular formula is C13H25N3O3S. The lowest BCUT2D eigenvalue weighted by Gasteiger charge is -2.45. The minimum Gasteiger partial charge on any atom is -0.342 e. The molecule has 1 atom stereocenters. The van der Waals surface area contributed by atoms with Gasteiger partial charge in [0.25, 0.3) is 0 Å². The predicted molar refractivity (Wildman–Crippen MR) is 77.5 cm³/mol. The summed E-state index contributed by atoms with van der Waals surface area (Å²) in [5.41, 5.74) is 5.46. The third-order valence-corrected chi connectivity index (χ3v) is 5.29. The summed E-state index contributed by atoms with van der Waals surface area (Å²) in [4.78, 5) is 14.5. The first-order valence-corrected chi connectivity index (χ1v) is 9.19. The maximum absolute atomic E-state index is 12.6. The quantitative estimate of drug-likeness (QED) is 0.742. The Balaban J connectivity index is 1.91. The number of carbonyl (C=O) groups excluding carboxylic acids is 1. The average Bonchev–Trinajstić information content (AvgIpc) is 2.35. The van der Waals surface area contributed by atoms with E-state index < -0.39 is 10.0 Å². The Morgan fingerprint density at radius 1 is 1.40 bits per heavy atom. The molecule has 0 bridgehead atoms. The molecule has 1 amide bonds. The van der Waals surface area contributed by atoms with Crippen LogP contribution in [0.3, 0.4) is 0 Å². The predicted octanol–water partition coefficient (Wildman–Crippen LogP) is -0.0968. The van der Waals surface area contributed by atoms with Crippen molar-refractivity contribution in [2.24, 2.45) is 17.1 Å². The second kappa shape index (κ2) is 5.99. The van der Waals surface area contributed by atoms with E-state index in [9.17, 15) is 13.2 Å². The molecular weight excluding hydrogens is 278 g/mol. The molecule has 116 valence electrons. The van der Waals surface area contributed by atoms with Crippen molar-refractivity contribution in [3.05, 3.63) is 0 Å². The topological polar surface area (TPSA) is 92.5 Å². The molecule has 0 aromatic heterocycles. The molecule has 1 saturated carbocycles. The number of sulfonamides is 1. The number of likely N-dealkylation sites (tertiary alicyclic amines) is 1. The van der Waals surface area contributed by atoms with E-state index in [4.69, 9.17) is 5.73 Å². The van der Waals surface area contributed by atoms with Gasteiger partial charge in [-0.3, -0.25) is 4.79 Å². The van der Waals surface area contributed by atoms with E-state index in [1.54, 1.807) is 0 Å². The zero-order valence-electron chi connectivity index (χ0n) is 12.1. The van der Waals surface area contributed by atoms with Gasteiger partial charge < -0.3 is 10.6 Å². The second-order valence-corrected chi connectivity index (χ2v) is 8.05.